The molecule has 0 aromatic carbocycles. The average molecular weight is 264 g/mol. The van der Waals surface area contributed by atoms with Gasteiger partial charge in [0.05, 0.1) is 12.3 Å². The quantitative estimate of drug-likeness (QED) is 0.793. The van der Waals surface area contributed by atoms with E-state index in [0.717, 1.165) is 25.9 Å². The third-order valence-corrected chi connectivity index (χ3v) is 3.30. The minimum atomic E-state index is -0.511. The van der Waals surface area contributed by atoms with Crippen molar-refractivity contribution in [2.24, 2.45) is 4.99 Å². The highest BCUT2D eigenvalue weighted by Gasteiger charge is 2.28. The average Bonchev–Trinajstić information content (AvgIpc) is 2.66. The predicted octanol–water partition coefficient (Wildman–Crippen LogP) is 2.16. The monoisotopic (exact) mass is 264 g/mol. The third kappa shape index (κ3) is 2.97. The lowest BCUT2D eigenvalue weighted by Crippen LogP contribution is -2.24. The van der Waals surface area contributed by atoms with Crippen LogP contribution in [0.1, 0.15) is 33.1 Å². The Labute approximate surface area is 113 Å². The van der Waals surface area contributed by atoms with E-state index in [0.29, 0.717) is 11.4 Å². The molecule has 0 amide bonds. The molecule has 2 aliphatic rings. The smallest absolute Gasteiger partial charge is 0.343 e. The lowest BCUT2D eigenvalue weighted by atomic mass is 10.1. The van der Waals surface area contributed by atoms with Gasteiger partial charge in [-0.15, -0.1) is 0 Å². The van der Waals surface area contributed by atoms with Crippen LogP contribution in [0.3, 0.4) is 0 Å². The first-order chi connectivity index (χ1) is 9.13. The van der Waals surface area contributed by atoms with Gasteiger partial charge in [0.25, 0.3) is 0 Å². The van der Waals surface area contributed by atoms with Gasteiger partial charge in [0.2, 0.25) is 0 Å². The molecule has 2 rings (SSSR count). The zero-order valence-corrected chi connectivity index (χ0v) is 11.5. The Bertz CT molecular complexity index is 457. The van der Waals surface area contributed by atoms with Crippen molar-refractivity contribution < 1.29 is 14.6 Å². The molecule has 0 saturated carbocycles. The van der Waals surface area contributed by atoms with Crippen molar-refractivity contribution in [1.29, 1.82) is 0 Å². The Morgan fingerprint density at radius 1 is 1.42 bits per heavy atom. The predicted molar refractivity (Wildman–Crippen MR) is 72.9 cm³/mol. The van der Waals surface area contributed by atoms with Crippen molar-refractivity contribution in [3.63, 3.8) is 0 Å². The van der Waals surface area contributed by atoms with Crippen LogP contribution in [0.15, 0.2) is 28.2 Å². The van der Waals surface area contributed by atoms with Gasteiger partial charge >= 0.3 is 5.97 Å². The van der Waals surface area contributed by atoms with E-state index in [4.69, 9.17) is 4.74 Å². The second-order valence-corrected chi connectivity index (χ2v) is 4.75. The number of aliphatic hydroxyl groups excluding tert-OH is 1. The molecular formula is C14H20N2O3. The molecule has 1 fully saturated rings. The van der Waals surface area contributed by atoms with Crippen LogP contribution in [0.5, 0.6) is 0 Å². The summed E-state index contributed by atoms with van der Waals surface area (Å²) in [7, 11) is 0. The molecule has 0 aromatic rings. The minimum Gasteiger partial charge on any atom is -0.505 e. The number of rotatable bonds is 3. The molecule has 104 valence electrons. The number of carbonyl (C=O) groups excluding carboxylic acids is 1. The van der Waals surface area contributed by atoms with E-state index in [9.17, 15) is 9.90 Å². The fraction of sp³-hybridized carbons (Fsp3) is 0.571. The fourth-order valence-electron chi connectivity index (χ4n) is 2.35. The number of esters is 1. The van der Waals surface area contributed by atoms with Crippen molar-refractivity contribution in [1.82, 2.24) is 4.90 Å². The second-order valence-electron chi connectivity index (χ2n) is 4.75. The Hall–Kier alpha value is -1.78. The first-order valence-electron chi connectivity index (χ1n) is 6.75. The van der Waals surface area contributed by atoms with Gasteiger partial charge in [0, 0.05) is 19.3 Å². The SMILES string of the molecule is CCOC(=O)C1=C(O)/C(=C/N2CCCCC2)N=C1C. The molecule has 2 heterocycles. The van der Waals surface area contributed by atoms with Crippen LogP contribution in [0.25, 0.3) is 0 Å². The summed E-state index contributed by atoms with van der Waals surface area (Å²) >= 11 is 0. The molecule has 1 N–H and O–H groups in total. The lowest BCUT2D eigenvalue weighted by molar-refractivity contribution is -0.138. The zero-order chi connectivity index (χ0) is 13.8. The van der Waals surface area contributed by atoms with Gasteiger partial charge in [-0.25, -0.2) is 9.79 Å². The van der Waals surface area contributed by atoms with Gasteiger partial charge in [-0.3, -0.25) is 0 Å². The maximum Gasteiger partial charge on any atom is 0.343 e. The molecule has 1 saturated heterocycles. The summed E-state index contributed by atoms with van der Waals surface area (Å²) in [5.41, 5.74) is 1.16. The summed E-state index contributed by atoms with van der Waals surface area (Å²) < 4.78 is 4.93. The van der Waals surface area contributed by atoms with Crippen LogP contribution >= 0.6 is 0 Å². The van der Waals surface area contributed by atoms with Gasteiger partial charge in [0.1, 0.15) is 11.3 Å². The van der Waals surface area contributed by atoms with Crippen LogP contribution in [-0.4, -0.2) is 41.4 Å². The molecule has 19 heavy (non-hydrogen) atoms. The standard InChI is InChI=1S/C14H20N2O3/c1-3-19-14(18)12-10(2)15-11(13(12)17)9-16-7-5-4-6-8-16/h9,17H,3-8H2,1-2H3/b11-9-. The molecule has 0 bridgehead atoms. The summed E-state index contributed by atoms with van der Waals surface area (Å²) in [5, 5.41) is 10.1. The Morgan fingerprint density at radius 2 is 2.11 bits per heavy atom. The number of likely N-dealkylation sites (tertiary alicyclic amines) is 1. The molecule has 5 heteroatoms. The molecule has 0 spiro atoms. The Balaban J connectivity index is 2.19. The zero-order valence-electron chi connectivity index (χ0n) is 11.5. The number of piperidine rings is 1. The van der Waals surface area contributed by atoms with E-state index in [1.165, 1.54) is 6.42 Å². The van der Waals surface area contributed by atoms with E-state index in [-0.39, 0.29) is 17.9 Å². The maximum absolute atomic E-state index is 11.7. The number of nitrogens with zero attached hydrogens (tertiary/aromatic N) is 2. The van der Waals surface area contributed by atoms with E-state index in [1.54, 1.807) is 13.8 Å². The normalized spacial score (nSPS) is 21.9. The van der Waals surface area contributed by atoms with Crippen LogP contribution in [0, 0.1) is 0 Å². The molecule has 0 unspecified atom stereocenters. The van der Waals surface area contributed by atoms with E-state index < -0.39 is 5.97 Å². The second kappa shape index (κ2) is 5.91. The fourth-order valence-corrected chi connectivity index (χ4v) is 2.35. The van der Waals surface area contributed by atoms with Crippen LogP contribution in [0.2, 0.25) is 0 Å². The highest BCUT2D eigenvalue weighted by Crippen LogP contribution is 2.25. The molecule has 5 nitrogen and oxygen atoms in total. The van der Waals surface area contributed by atoms with Crippen molar-refractivity contribution in [3.05, 3.63) is 23.2 Å². The third-order valence-electron chi connectivity index (χ3n) is 3.30. The minimum absolute atomic E-state index is 0.0680. The van der Waals surface area contributed by atoms with Gasteiger partial charge < -0.3 is 14.7 Å². The first kappa shape index (κ1) is 13.6. The highest BCUT2D eigenvalue weighted by molar-refractivity contribution is 6.21. The van der Waals surface area contributed by atoms with Crippen molar-refractivity contribution in [3.8, 4) is 0 Å². The van der Waals surface area contributed by atoms with Crippen molar-refractivity contribution in [2.45, 2.75) is 33.1 Å². The van der Waals surface area contributed by atoms with E-state index >= 15 is 0 Å². The molecule has 0 aromatic heterocycles. The molecule has 0 radical (unpaired) electrons. The molecule has 0 atom stereocenters. The summed E-state index contributed by atoms with van der Waals surface area (Å²) in [6.07, 6.45) is 5.39. The summed E-state index contributed by atoms with van der Waals surface area (Å²) in [6.45, 7) is 5.68. The Kier molecular flexibility index (Phi) is 4.24. The molecule has 0 aliphatic carbocycles. The number of aliphatic hydroxyl groups is 1. The summed E-state index contributed by atoms with van der Waals surface area (Å²) in [4.78, 5) is 18.1. The van der Waals surface area contributed by atoms with Gasteiger partial charge in [-0.1, -0.05) is 0 Å². The molecule has 2 aliphatic heterocycles. The number of ether oxygens (including phenoxy) is 1. The van der Waals surface area contributed by atoms with Crippen LogP contribution in [-0.2, 0) is 9.53 Å². The number of hydrogen-bond donors (Lipinski definition) is 1. The number of aliphatic imine (C=N–C) groups is 1. The topological polar surface area (TPSA) is 62.1 Å². The van der Waals surface area contributed by atoms with Crippen LogP contribution < -0.4 is 0 Å². The van der Waals surface area contributed by atoms with Crippen molar-refractivity contribution >= 4 is 11.7 Å². The Morgan fingerprint density at radius 3 is 2.74 bits per heavy atom. The molecular weight excluding hydrogens is 244 g/mol. The number of carbonyl (C=O) groups is 1. The van der Waals surface area contributed by atoms with Crippen molar-refractivity contribution in [2.75, 3.05) is 19.7 Å². The van der Waals surface area contributed by atoms with Gasteiger partial charge in [0.15, 0.2) is 5.76 Å². The largest absolute Gasteiger partial charge is 0.505 e. The maximum atomic E-state index is 11.7. The number of hydrogen-bond acceptors (Lipinski definition) is 5. The summed E-state index contributed by atoms with van der Waals surface area (Å²) in [5.74, 6) is -0.579. The van der Waals surface area contributed by atoms with Gasteiger partial charge in [-0.2, -0.15) is 0 Å². The van der Waals surface area contributed by atoms with Gasteiger partial charge in [-0.05, 0) is 33.1 Å². The van der Waals surface area contributed by atoms with E-state index in [1.807, 2.05) is 6.20 Å². The first-order valence-corrected chi connectivity index (χ1v) is 6.75. The van der Waals surface area contributed by atoms with E-state index in [2.05, 4.69) is 9.89 Å². The summed E-state index contributed by atoms with van der Waals surface area (Å²) in [6, 6.07) is 0. The highest BCUT2D eigenvalue weighted by atomic mass is 16.5. The lowest BCUT2D eigenvalue weighted by Gasteiger charge is -2.25. The van der Waals surface area contributed by atoms with Crippen LogP contribution in [0.4, 0.5) is 0 Å².